The Labute approximate surface area is 213 Å². The maximum atomic E-state index is 12.6. The van der Waals surface area contributed by atoms with Gasteiger partial charge in [0, 0.05) is 29.8 Å². The molecule has 2 atom stereocenters. The number of carbonyl (C=O) groups is 1. The summed E-state index contributed by atoms with van der Waals surface area (Å²) in [6.07, 6.45) is 3.71. The molecule has 1 saturated heterocycles. The van der Waals surface area contributed by atoms with Crippen LogP contribution < -0.4 is 19.7 Å². The first-order valence-electron chi connectivity index (χ1n) is 11.4. The van der Waals surface area contributed by atoms with Crippen molar-refractivity contribution in [1.29, 1.82) is 0 Å². The van der Waals surface area contributed by atoms with Crippen LogP contribution in [0.3, 0.4) is 0 Å². The predicted octanol–water partition coefficient (Wildman–Crippen LogP) is 4.56. The number of nitrogens with one attached hydrogen (secondary N) is 1. The molecule has 4 heterocycles. The van der Waals surface area contributed by atoms with Crippen LogP contribution in [0, 0.1) is 0 Å². The van der Waals surface area contributed by atoms with Gasteiger partial charge in [0.05, 0.1) is 30.1 Å². The Morgan fingerprint density at radius 1 is 1.06 bits per heavy atom. The van der Waals surface area contributed by atoms with Crippen LogP contribution in [0.2, 0.25) is 0 Å². The van der Waals surface area contributed by atoms with Crippen LogP contribution in [-0.2, 0) is 4.74 Å². The molecular formula is C27H22N4O4S. The number of ether oxygens (including phenoxy) is 3. The van der Waals surface area contributed by atoms with Crippen molar-refractivity contribution in [1.82, 2.24) is 14.9 Å². The number of esters is 1. The standard InChI is InChI=1S/C27H22N4O4S/c1-33-26(32)18-7-2-3-9-20(18)30-14-6-10-21(30)25-24(19-8-4-5-13-28-19)29-27(36)31(25)17-11-12-22-23(15-17)35-16-34-22/h2-15,24-25H,16H2,1H3,(H,29,36)/t24-,25-/m1/s1. The monoisotopic (exact) mass is 498 g/mol. The maximum absolute atomic E-state index is 12.6. The van der Waals surface area contributed by atoms with Gasteiger partial charge in [0.15, 0.2) is 16.6 Å². The van der Waals surface area contributed by atoms with Gasteiger partial charge in [-0.15, -0.1) is 0 Å². The average molecular weight is 499 g/mol. The minimum atomic E-state index is -0.403. The molecule has 0 unspecified atom stereocenters. The van der Waals surface area contributed by atoms with Gasteiger partial charge < -0.3 is 29.0 Å². The number of hydrogen-bond donors (Lipinski definition) is 1. The highest BCUT2D eigenvalue weighted by molar-refractivity contribution is 7.80. The van der Waals surface area contributed by atoms with Gasteiger partial charge in [-0.2, -0.15) is 0 Å². The van der Waals surface area contributed by atoms with E-state index in [9.17, 15) is 4.79 Å². The number of nitrogens with zero attached hydrogens (tertiary/aromatic N) is 3. The first-order chi connectivity index (χ1) is 17.7. The lowest BCUT2D eigenvalue weighted by Gasteiger charge is -2.29. The van der Waals surface area contributed by atoms with Gasteiger partial charge in [-0.05, 0) is 60.7 Å². The van der Waals surface area contributed by atoms with Crippen molar-refractivity contribution in [2.24, 2.45) is 0 Å². The van der Waals surface area contributed by atoms with Crippen molar-refractivity contribution in [3.05, 3.63) is 102 Å². The summed E-state index contributed by atoms with van der Waals surface area (Å²) < 4.78 is 18.2. The number of methoxy groups -OCH3 is 1. The summed E-state index contributed by atoms with van der Waals surface area (Å²) in [4.78, 5) is 19.3. The second kappa shape index (κ2) is 9.01. The van der Waals surface area contributed by atoms with E-state index in [1.165, 1.54) is 7.11 Å². The quantitative estimate of drug-likeness (QED) is 0.317. The van der Waals surface area contributed by atoms with E-state index in [2.05, 4.69) is 15.2 Å². The first kappa shape index (κ1) is 22.1. The minimum Gasteiger partial charge on any atom is -0.465 e. The van der Waals surface area contributed by atoms with Gasteiger partial charge in [0.2, 0.25) is 6.79 Å². The van der Waals surface area contributed by atoms with Crippen LogP contribution in [0.1, 0.15) is 33.8 Å². The van der Waals surface area contributed by atoms with Gasteiger partial charge in [-0.3, -0.25) is 4.98 Å². The molecule has 0 bridgehead atoms. The summed E-state index contributed by atoms with van der Waals surface area (Å²) in [5.74, 6) is 0.964. The fraction of sp³-hybridized carbons (Fsp3) is 0.148. The van der Waals surface area contributed by atoms with Crippen LogP contribution >= 0.6 is 12.2 Å². The Kier molecular flexibility index (Phi) is 5.54. The van der Waals surface area contributed by atoms with Crippen molar-refractivity contribution < 1.29 is 19.0 Å². The van der Waals surface area contributed by atoms with E-state index >= 15 is 0 Å². The summed E-state index contributed by atoms with van der Waals surface area (Å²) in [5, 5.41) is 4.03. The summed E-state index contributed by atoms with van der Waals surface area (Å²) in [6.45, 7) is 0.189. The Morgan fingerprint density at radius 2 is 1.89 bits per heavy atom. The van der Waals surface area contributed by atoms with Crippen LogP contribution in [0.5, 0.6) is 11.5 Å². The zero-order valence-corrected chi connectivity index (χ0v) is 20.1. The van der Waals surface area contributed by atoms with E-state index in [4.69, 9.17) is 26.4 Å². The molecule has 0 aliphatic carbocycles. The molecule has 36 heavy (non-hydrogen) atoms. The van der Waals surface area contributed by atoms with Gasteiger partial charge in [-0.25, -0.2) is 4.79 Å². The Bertz CT molecular complexity index is 1460. The number of pyridine rings is 1. The van der Waals surface area contributed by atoms with Crippen LogP contribution in [0.25, 0.3) is 5.69 Å². The molecular weight excluding hydrogens is 476 g/mol. The lowest BCUT2D eigenvalue weighted by molar-refractivity contribution is 0.0600. The highest BCUT2D eigenvalue weighted by Gasteiger charge is 2.42. The summed E-state index contributed by atoms with van der Waals surface area (Å²) in [7, 11) is 1.38. The Balaban J connectivity index is 1.52. The smallest absolute Gasteiger partial charge is 0.339 e. The summed E-state index contributed by atoms with van der Waals surface area (Å²) >= 11 is 5.86. The van der Waals surface area contributed by atoms with E-state index in [-0.39, 0.29) is 18.9 Å². The highest BCUT2D eigenvalue weighted by atomic mass is 32.1. The number of rotatable bonds is 5. The van der Waals surface area contributed by atoms with E-state index in [1.807, 2.05) is 77.5 Å². The molecule has 1 fully saturated rings. The zero-order chi connectivity index (χ0) is 24.6. The van der Waals surface area contributed by atoms with Crippen LogP contribution in [-0.4, -0.2) is 34.5 Å². The van der Waals surface area contributed by atoms with Crippen molar-refractivity contribution in [3.63, 3.8) is 0 Å². The lowest BCUT2D eigenvalue weighted by Crippen LogP contribution is -2.30. The SMILES string of the molecule is COC(=O)c1ccccc1-n1cccc1[C@@H]1[C@@H](c2ccccn2)NC(=S)N1c1ccc2c(c1)OCO2. The first-order valence-corrected chi connectivity index (χ1v) is 11.8. The zero-order valence-electron chi connectivity index (χ0n) is 19.3. The maximum Gasteiger partial charge on any atom is 0.339 e. The number of para-hydroxylation sites is 1. The van der Waals surface area contributed by atoms with Gasteiger partial charge >= 0.3 is 5.97 Å². The third kappa shape index (κ3) is 3.64. The largest absolute Gasteiger partial charge is 0.465 e. The van der Waals surface area contributed by atoms with E-state index in [0.29, 0.717) is 27.9 Å². The van der Waals surface area contributed by atoms with E-state index in [1.54, 1.807) is 12.3 Å². The number of benzene rings is 2. The van der Waals surface area contributed by atoms with E-state index < -0.39 is 5.97 Å². The van der Waals surface area contributed by atoms with Gasteiger partial charge in [-0.1, -0.05) is 18.2 Å². The number of carbonyl (C=O) groups excluding carboxylic acids is 1. The molecule has 2 aliphatic heterocycles. The molecule has 2 aromatic heterocycles. The molecule has 8 nitrogen and oxygen atoms in total. The molecule has 6 rings (SSSR count). The Hall–Kier alpha value is -4.37. The molecule has 0 saturated carbocycles. The van der Waals surface area contributed by atoms with Gasteiger partial charge in [0.1, 0.15) is 6.04 Å². The summed E-state index contributed by atoms with van der Waals surface area (Å²) in [6, 6.07) is 22.4. The third-order valence-corrected chi connectivity index (χ3v) is 6.70. The molecule has 4 aromatic rings. The molecule has 1 N–H and O–H groups in total. The number of anilines is 1. The van der Waals surface area contributed by atoms with Crippen molar-refractivity contribution in [2.45, 2.75) is 12.1 Å². The Morgan fingerprint density at radius 3 is 2.72 bits per heavy atom. The second-order valence-corrected chi connectivity index (χ2v) is 8.73. The van der Waals surface area contributed by atoms with Gasteiger partial charge in [0.25, 0.3) is 0 Å². The van der Waals surface area contributed by atoms with Crippen molar-refractivity contribution in [3.8, 4) is 17.2 Å². The average Bonchev–Trinajstić information content (AvgIpc) is 3.66. The molecule has 2 aliphatic rings. The number of thiocarbonyl (C=S) groups is 1. The third-order valence-electron chi connectivity index (χ3n) is 6.38. The molecule has 0 radical (unpaired) electrons. The lowest BCUT2D eigenvalue weighted by atomic mass is 10.0. The molecule has 180 valence electrons. The predicted molar refractivity (Wildman–Crippen MR) is 138 cm³/mol. The van der Waals surface area contributed by atoms with Crippen LogP contribution in [0.15, 0.2) is 85.2 Å². The van der Waals surface area contributed by atoms with Crippen molar-refractivity contribution >= 4 is 29.0 Å². The highest BCUT2D eigenvalue weighted by Crippen LogP contribution is 2.45. The number of hydrogen-bond acceptors (Lipinski definition) is 6. The van der Waals surface area contributed by atoms with E-state index in [0.717, 1.165) is 17.1 Å². The fourth-order valence-corrected chi connectivity index (χ4v) is 5.14. The normalized spacial score (nSPS) is 18.2. The molecule has 2 aromatic carbocycles. The minimum absolute atomic E-state index is 0.189. The molecule has 9 heteroatoms. The molecule has 0 amide bonds. The topological polar surface area (TPSA) is 77.9 Å². The number of aromatic nitrogens is 2. The van der Waals surface area contributed by atoms with Crippen LogP contribution in [0.4, 0.5) is 5.69 Å². The van der Waals surface area contributed by atoms with Crippen molar-refractivity contribution in [2.75, 3.05) is 18.8 Å². The fourth-order valence-electron chi connectivity index (χ4n) is 4.79. The molecule has 0 spiro atoms. The number of fused-ring (bicyclic) bond motifs is 1. The summed E-state index contributed by atoms with van der Waals surface area (Å²) in [5.41, 5.74) is 3.81. The second-order valence-electron chi connectivity index (χ2n) is 8.35.